The Bertz CT molecular complexity index is 207. The summed E-state index contributed by atoms with van der Waals surface area (Å²) in [5, 5.41) is 3.64. The molecule has 1 unspecified atom stereocenters. The topological polar surface area (TPSA) is 15.3 Å². The van der Waals surface area contributed by atoms with E-state index in [1.54, 1.807) is 0 Å². The zero-order valence-electron chi connectivity index (χ0n) is 15.1. The lowest BCUT2D eigenvalue weighted by Gasteiger charge is -2.48. The smallest absolute Gasteiger partial charge is 0.0356 e. The van der Waals surface area contributed by atoms with Gasteiger partial charge in [-0.3, -0.25) is 4.90 Å². The molecule has 0 amide bonds. The lowest BCUT2D eigenvalue weighted by molar-refractivity contribution is 0.0479. The van der Waals surface area contributed by atoms with E-state index in [4.69, 9.17) is 0 Å². The first kappa shape index (κ1) is 19.9. The molecule has 0 bridgehead atoms. The molecule has 2 heteroatoms. The van der Waals surface area contributed by atoms with Gasteiger partial charge >= 0.3 is 0 Å². The summed E-state index contributed by atoms with van der Waals surface area (Å²) >= 11 is 0. The molecular weight excluding hydrogens is 244 g/mol. The van der Waals surface area contributed by atoms with Crippen molar-refractivity contribution < 1.29 is 0 Å². The van der Waals surface area contributed by atoms with Crippen LogP contribution in [0.5, 0.6) is 0 Å². The number of unbranched alkanes of at least 4 members (excludes halogenated alkanes) is 4. The van der Waals surface area contributed by atoms with Crippen molar-refractivity contribution >= 4 is 0 Å². The summed E-state index contributed by atoms with van der Waals surface area (Å²) in [6.45, 7) is 13.9. The van der Waals surface area contributed by atoms with Crippen LogP contribution in [0.3, 0.4) is 0 Å². The fourth-order valence-corrected chi connectivity index (χ4v) is 3.90. The molecule has 0 heterocycles. The molecule has 0 aromatic rings. The van der Waals surface area contributed by atoms with Crippen LogP contribution in [-0.2, 0) is 0 Å². The van der Waals surface area contributed by atoms with Gasteiger partial charge in [0.2, 0.25) is 0 Å². The van der Waals surface area contributed by atoms with Crippen LogP contribution >= 0.6 is 0 Å². The molecule has 0 fully saturated rings. The summed E-state index contributed by atoms with van der Waals surface area (Å²) in [6, 6.07) is 0.624. The Balaban J connectivity index is 4.66. The van der Waals surface area contributed by atoms with Crippen LogP contribution < -0.4 is 5.32 Å². The molecule has 0 saturated carbocycles. The Morgan fingerprint density at radius 2 is 1.40 bits per heavy atom. The van der Waals surface area contributed by atoms with Crippen LogP contribution in [0, 0.1) is 0 Å². The van der Waals surface area contributed by atoms with Gasteiger partial charge in [0.05, 0.1) is 0 Å². The first-order chi connectivity index (χ1) is 9.66. The van der Waals surface area contributed by atoms with Crippen LogP contribution in [-0.4, -0.2) is 36.6 Å². The van der Waals surface area contributed by atoms with E-state index in [-0.39, 0.29) is 0 Å². The third-order valence-corrected chi connectivity index (χ3v) is 5.21. The maximum Gasteiger partial charge on any atom is 0.0356 e. The van der Waals surface area contributed by atoms with E-state index in [2.05, 4.69) is 51.9 Å². The van der Waals surface area contributed by atoms with Crippen LogP contribution in [0.15, 0.2) is 0 Å². The molecule has 0 spiro atoms. The summed E-state index contributed by atoms with van der Waals surface area (Å²) in [4.78, 5) is 2.68. The predicted octanol–water partition coefficient (Wildman–Crippen LogP) is 4.84. The molecule has 1 atom stereocenters. The minimum atomic E-state index is 0.336. The highest BCUT2D eigenvalue weighted by Gasteiger charge is 2.38. The van der Waals surface area contributed by atoms with Crippen molar-refractivity contribution in [1.82, 2.24) is 10.2 Å². The van der Waals surface area contributed by atoms with Gasteiger partial charge in [0.1, 0.15) is 0 Å². The van der Waals surface area contributed by atoms with E-state index in [0.717, 1.165) is 13.1 Å². The molecule has 20 heavy (non-hydrogen) atoms. The summed E-state index contributed by atoms with van der Waals surface area (Å²) in [5.74, 6) is 0. The summed E-state index contributed by atoms with van der Waals surface area (Å²) in [6.07, 6.45) is 10.7. The zero-order valence-corrected chi connectivity index (χ0v) is 15.1. The Kier molecular flexibility index (Phi) is 11.5. The molecule has 0 aliphatic rings. The van der Waals surface area contributed by atoms with Crippen molar-refractivity contribution in [3.8, 4) is 0 Å². The van der Waals surface area contributed by atoms with E-state index in [1.165, 1.54) is 51.4 Å². The highest BCUT2D eigenvalue weighted by Crippen LogP contribution is 2.30. The normalized spacial score (nSPS) is 13.9. The van der Waals surface area contributed by atoms with Crippen LogP contribution in [0.1, 0.15) is 86.0 Å². The van der Waals surface area contributed by atoms with Gasteiger partial charge in [0, 0.05) is 11.6 Å². The van der Waals surface area contributed by atoms with Gasteiger partial charge in [-0.1, -0.05) is 66.7 Å². The molecule has 0 aromatic heterocycles. The van der Waals surface area contributed by atoms with Crippen LogP contribution in [0.25, 0.3) is 0 Å². The second kappa shape index (κ2) is 11.6. The maximum atomic E-state index is 3.64. The average Bonchev–Trinajstić information content (AvgIpc) is 2.49. The highest BCUT2D eigenvalue weighted by molar-refractivity contribution is 4.98. The maximum absolute atomic E-state index is 3.64. The Morgan fingerprint density at radius 3 is 1.80 bits per heavy atom. The van der Waals surface area contributed by atoms with Crippen molar-refractivity contribution in [1.29, 1.82) is 0 Å². The van der Waals surface area contributed by atoms with E-state index >= 15 is 0 Å². The van der Waals surface area contributed by atoms with E-state index in [0.29, 0.717) is 11.6 Å². The Morgan fingerprint density at radius 1 is 0.850 bits per heavy atom. The number of likely N-dealkylation sites (N-methyl/N-ethyl adjacent to an activating group) is 2. The predicted molar refractivity (Wildman–Crippen MR) is 92.5 cm³/mol. The third kappa shape index (κ3) is 5.37. The lowest BCUT2D eigenvalue weighted by Crippen LogP contribution is -2.60. The van der Waals surface area contributed by atoms with E-state index < -0.39 is 0 Å². The molecule has 0 aromatic carbocycles. The van der Waals surface area contributed by atoms with Gasteiger partial charge in [-0.15, -0.1) is 0 Å². The molecular formula is C18H40N2. The monoisotopic (exact) mass is 284 g/mol. The minimum absolute atomic E-state index is 0.336. The number of nitrogens with one attached hydrogen (secondary N) is 1. The molecule has 0 aliphatic heterocycles. The van der Waals surface area contributed by atoms with Gasteiger partial charge in [0.15, 0.2) is 0 Å². The molecule has 0 aliphatic carbocycles. The first-order valence-corrected chi connectivity index (χ1v) is 9.08. The van der Waals surface area contributed by atoms with Gasteiger partial charge in [-0.05, 0) is 39.4 Å². The minimum Gasteiger partial charge on any atom is -0.315 e. The van der Waals surface area contributed by atoms with Crippen molar-refractivity contribution in [2.75, 3.05) is 20.1 Å². The number of hydrogen-bond acceptors (Lipinski definition) is 2. The second-order valence-electron chi connectivity index (χ2n) is 6.03. The van der Waals surface area contributed by atoms with Crippen molar-refractivity contribution in [2.45, 2.75) is 97.6 Å². The van der Waals surface area contributed by atoms with Crippen molar-refractivity contribution in [2.24, 2.45) is 0 Å². The summed E-state index contributed by atoms with van der Waals surface area (Å²) in [5.41, 5.74) is 0.336. The number of rotatable bonds is 13. The molecule has 0 rings (SSSR count). The molecule has 0 saturated heterocycles. The molecule has 2 nitrogen and oxygen atoms in total. The van der Waals surface area contributed by atoms with Gasteiger partial charge < -0.3 is 5.32 Å². The zero-order chi connectivity index (χ0) is 15.4. The quantitative estimate of drug-likeness (QED) is 0.487. The Labute approximate surface area is 128 Å². The van der Waals surface area contributed by atoms with Crippen LogP contribution in [0.2, 0.25) is 0 Å². The molecule has 122 valence electrons. The summed E-state index contributed by atoms with van der Waals surface area (Å²) < 4.78 is 0. The number of nitrogens with zero attached hydrogens (tertiary/aromatic N) is 1. The van der Waals surface area contributed by atoms with Crippen molar-refractivity contribution in [3.05, 3.63) is 0 Å². The average molecular weight is 285 g/mol. The fraction of sp³-hybridized carbons (Fsp3) is 1.00. The van der Waals surface area contributed by atoms with E-state index in [1.807, 2.05) is 0 Å². The fourth-order valence-electron chi connectivity index (χ4n) is 3.90. The first-order valence-electron chi connectivity index (χ1n) is 9.08. The van der Waals surface area contributed by atoms with Gasteiger partial charge in [-0.2, -0.15) is 0 Å². The second-order valence-corrected chi connectivity index (χ2v) is 6.03. The SMILES string of the molecule is CCCCCCCC(NC)C(CC)(CC)N(CC)CC. The van der Waals surface area contributed by atoms with Crippen molar-refractivity contribution in [3.63, 3.8) is 0 Å². The van der Waals surface area contributed by atoms with E-state index in [9.17, 15) is 0 Å². The standard InChI is InChI=1S/C18H40N2/c1-7-12-13-14-15-16-17(19-6)18(8-2,9-3)20(10-4)11-5/h17,19H,7-16H2,1-6H3. The summed E-state index contributed by atoms with van der Waals surface area (Å²) in [7, 11) is 2.15. The van der Waals surface area contributed by atoms with Gasteiger partial charge in [-0.25, -0.2) is 0 Å². The lowest BCUT2D eigenvalue weighted by atomic mass is 9.80. The molecule has 1 N–H and O–H groups in total. The third-order valence-electron chi connectivity index (χ3n) is 5.21. The largest absolute Gasteiger partial charge is 0.315 e. The highest BCUT2D eigenvalue weighted by atomic mass is 15.2. The Hall–Kier alpha value is -0.0800. The van der Waals surface area contributed by atoms with Crippen LogP contribution in [0.4, 0.5) is 0 Å². The van der Waals surface area contributed by atoms with Gasteiger partial charge in [0.25, 0.3) is 0 Å². The number of hydrogen-bond donors (Lipinski definition) is 1. The molecule has 0 radical (unpaired) electrons.